The fourth-order valence-electron chi connectivity index (χ4n) is 1.52. The zero-order valence-electron chi connectivity index (χ0n) is 9.27. The van der Waals surface area contributed by atoms with Crippen LogP contribution in [0.1, 0.15) is 24.2 Å². The van der Waals surface area contributed by atoms with E-state index in [9.17, 15) is 4.79 Å². The highest BCUT2D eigenvalue weighted by molar-refractivity contribution is 6.04. The first-order valence-electron chi connectivity index (χ1n) is 5.19. The molecule has 1 aromatic heterocycles. The van der Waals surface area contributed by atoms with Crippen molar-refractivity contribution in [3.8, 4) is 0 Å². The molecule has 0 aliphatic heterocycles. The number of hydrogen-bond donors (Lipinski definition) is 1. The SMILES string of the molecule is CC(C)NC(=O)c1cccc2nccnc12. The molecule has 1 aromatic carbocycles. The van der Waals surface area contributed by atoms with E-state index < -0.39 is 0 Å². The summed E-state index contributed by atoms with van der Waals surface area (Å²) >= 11 is 0. The molecular weight excluding hydrogens is 202 g/mol. The van der Waals surface area contributed by atoms with E-state index >= 15 is 0 Å². The molecule has 4 nitrogen and oxygen atoms in total. The zero-order chi connectivity index (χ0) is 11.5. The van der Waals surface area contributed by atoms with Gasteiger partial charge in [0.25, 0.3) is 5.91 Å². The van der Waals surface area contributed by atoms with Crippen molar-refractivity contribution < 1.29 is 4.79 Å². The van der Waals surface area contributed by atoms with Crippen LogP contribution in [0.2, 0.25) is 0 Å². The molecule has 4 heteroatoms. The van der Waals surface area contributed by atoms with Crippen LogP contribution in [-0.4, -0.2) is 21.9 Å². The molecule has 2 aromatic rings. The first-order chi connectivity index (χ1) is 7.68. The third kappa shape index (κ3) is 2.00. The molecule has 0 spiro atoms. The molecule has 16 heavy (non-hydrogen) atoms. The van der Waals surface area contributed by atoms with Gasteiger partial charge in [0.2, 0.25) is 0 Å². The average Bonchev–Trinajstić information content (AvgIpc) is 2.27. The molecule has 0 radical (unpaired) electrons. The van der Waals surface area contributed by atoms with E-state index in [4.69, 9.17) is 0 Å². The van der Waals surface area contributed by atoms with Crippen molar-refractivity contribution in [3.63, 3.8) is 0 Å². The maximum atomic E-state index is 11.9. The zero-order valence-corrected chi connectivity index (χ0v) is 9.27. The quantitative estimate of drug-likeness (QED) is 0.830. The molecule has 0 saturated heterocycles. The Morgan fingerprint density at radius 3 is 2.75 bits per heavy atom. The topological polar surface area (TPSA) is 54.9 Å². The lowest BCUT2D eigenvalue weighted by atomic mass is 10.1. The van der Waals surface area contributed by atoms with Gasteiger partial charge in [0, 0.05) is 18.4 Å². The van der Waals surface area contributed by atoms with Gasteiger partial charge in [-0.2, -0.15) is 0 Å². The maximum Gasteiger partial charge on any atom is 0.253 e. The minimum atomic E-state index is -0.110. The number of fused-ring (bicyclic) bond motifs is 1. The lowest BCUT2D eigenvalue weighted by Crippen LogP contribution is -2.30. The number of rotatable bonds is 2. The molecule has 82 valence electrons. The highest BCUT2D eigenvalue weighted by Crippen LogP contribution is 2.13. The number of nitrogens with zero attached hydrogens (tertiary/aromatic N) is 2. The predicted molar refractivity (Wildman–Crippen MR) is 62.1 cm³/mol. The summed E-state index contributed by atoms with van der Waals surface area (Å²) in [5.41, 5.74) is 1.95. The van der Waals surface area contributed by atoms with Crippen molar-refractivity contribution in [3.05, 3.63) is 36.2 Å². The Bertz CT molecular complexity index is 517. The molecular formula is C12H13N3O. The number of carbonyl (C=O) groups is 1. The highest BCUT2D eigenvalue weighted by atomic mass is 16.1. The van der Waals surface area contributed by atoms with Gasteiger partial charge in [0.1, 0.15) is 5.52 Å². The largest absolute Gasteiger partial charge is 0.350 e. The normalized spacial score (nSPS) is 10.7. The fraction of sp³-hybridized carbons (Fsp3) is 0.250. The van der Waals surface area contributed by atoms with Gasteiger partial charge in [-0.15, -0.1) is 0 Å². The number of hydrogen-bond acceptors (Lipinski definition) is 3. The predicted octanol–water partition coefficient (Wildman–Crippen LogP) is 1.77. The van der Waals surface area contributed by atoms with Crippen LogP contribution >= 0.6 is 0 Å². The average molecular weight is 215 g/mol. The summed E-state index contributed by atoms with van der Waals surface area (Å²) in [5, 5.41) is 2.84. The standard InChI is InChI=1S/C12H13N3O/c1-8(2)15-12(16)9-4-3-5-10-11(9)14-7-6-13-10/h3-8H,1-2H3,(H,15,16). The van der Waals surface area contributed by atoms with Gasteiger partial charge in [-0.05, 0) is 26.0 Å². The van der Waals surface area contributed by atoms with Crippen LogP contribution in [0.25, 0.3) is 11.0 Å². The van der Waals surface area contributed by atoms with Gasteiger partial charge in [-0.25, -0.2) is 0 Å². The van der Waals surface area contributed by atoms with Crippen molar-refractivity contribution >= 4 is 16.9 Å². The van der Waals surface area contributed by atoms with Gasteiger partial charge in [0.05, 0.1) is 11.1 Å². The molecule has 2 rings (SSSR count). The minimum absolute atomic E-state index is 0.110. The van der Waals surface area contributed by atoms with Crippen molar-refractivity contribution in [1.82, 2.24) is 15.3 Å². The van der Waals surface area contributed by atoms with E-state index in [-0.39, 0.29) is 11.9 Å². The highest BCUT2D eigenvalue weighted by Gasteiger charge is 2.11. The third-order valence-corrected chi connectivity index (χ3v) is 2.16. The second-order valence-corrected chi connectivity index (χ2v) is 3.86. The summed E-state index contributed by atoms with van der Waals surface area (Å²) in [6.45, 7) is 3.85. The Morgan fingerprint density at radius 2 is 2.00 bits per heavy atom. The van der Waals surface area contributed by atoms with Gasteiger partial charge in [-0.3, -0.25) is 14.8 Å². The smallest absolute Gasteiger partial charge is 0.253 e. The number of carbonyl (C=O) groups excluding carboxylic acids is 1. The third-order valence-electron chi connectivity index (χ3n) is 2.16. The first-order valence-corrected chi connectivity index (χ1v) is 5.19. The molecule has 1 heterocycles. The summed E-state index contributed by atoms with van der Waals surface area (Å²) in [6.07, 6.45) is 3.21. The van der Waals surface area contributed by atoms with Gasteiger partial charge in [-0.1, -0.05) is 6.07 Å². The van der Waals surface area contributed by atoms with E-state index in [1.807, 2.05) is 26.0 Å². The first kappa shape index (κ1) is 10.5. The monoisotopic (exact) mass is 215 g/mol. The van der Waals surface area contributed by atoms with Gasteiger partial charge < -0.3 is 5.32 Å². The van der Waals surface area contributed by atoms with Crippen LogP contribution in [-0.2, 0) is 0 Å². The Labute approximate surface area is 93.7 Å². The molecule has 1 amide bonds. The number of nitrogens with one attached hydrogen (secondary N) is 1. The van der Waals surface area contributed by atoms with Crippen molar-refractivity contribution in [2.75, 3.05) is 0 Å². The molecule has 0 aliphatic rings. The Hall–Kier alpha value is -1.97. The van der Waals surface area contributed by atoms with Crippen molar-refractivity contribution in [1.29, 1.82) is 0 Å². The van der Waals surface area contributed by atoms with Gasteiger partial charge in [0.15, 0.2) is 0 Å². The molecule has 0 aliphatic carbocycles. The molecule has 0 atom stereocenters. The Morgan fingerprint density at radius 1 is 1.25 bits per heavy atom. The number of aromatic nitrogens is 2. The van der Waals surface area contributed by atoms with Crippen molar-refractivity contribution in [2.24, 2.45) is 0 Å². The van der Waals surface area contributed by atoms with E-state index in [2.05, 4.69) is 15.3 Å². The van der Waals surface area contributed by atoms with Crippen LogP contribution in [0.15, 0.2) is 30.6 Å². The molecule has 0 bridgehead atoms. The van der Waals surface area contributed by atoms with Crippen LogP contribution < -0.4 is 5.32 Å². The van der Waals surface area contributed by atoms with E-state index in [1.54, 1.807) is 18.5 Å². The molecule has 0 saturated carbocycles. The van der Waals surface area contributed by atoms with Gasteiger partial charge >= 0.3 is 0 Å². The fourth-order valence-corrected chi connectivity index (χ4v) is 1.52. The number of para-hydroxylation sites is 1. The second kappa shape index (κ2) is 4.26. The summed E-state index contributed by atoms with van der Waals surface area (Å²) in [6, 6.07) is 5.52. The summed E-state index contributed by atoms with van der Waals surface area (Å²) in [7, 11) is 0. The summed E-state index contributed by atoms with van der Waals surface area (Å²) in [4.78, 5) is 20.2. The van der Waals surface area contributed by atoms with E-state index in [1.165, 1.54) is 0 Å². The van der Waals surface area contributed by atoms with E-state index in [0.29, 0.717) is 11.1 Å². The van der Waals surface area contributed by atoms with Crippen LogP contribution in [0.3, 0.4) is 0 Å². The summed E-state index contributed by atoms with van der Waals surface area (Å²) < 4.78 is 0. The van der Waals surface area contributed by atoms with E-state index in [0.717, 1.165) is 5.52 Å². The lowest BCUT2D eigenvalue weighted by Gasteiger charge is -2.09. The number of benzene rings is 1. The van der Waals surface area contributed by atoms with Crippen LogP contribution in [0.5, 0.6) is 0 Å². The number of amides is 1. The Balaban J connectivity index is 2.48. The molecule has 0 unspecified atom stereocenters. The molecule has 1 N–H and O–H groups in total. The summed E-state index contributed by atoms with van der Waals surface area (Å²) in [5.74, 6) is -0.110. The minimum Gasteiger partial charge on any atom is -0.350 e. The van der Waals surface area contributed by atoms with Crippen molar-refractivity contribution in [2.45, 2.75) is 19.9 Å². The van der Waals surface area contributed by atoms with Crippen LogP contribution in [0.4, 0.5) is 0 Å². The lowest BCUT2D eigenvalue weighted by molar-refractivity contribution is 0.0944. The maximum absolute atomic E-state index is 11.9. The second-order valence-electron chi connectivity index (χ2n) is 3.86. The van der Waals surface area contributed by atoms with Crippen LogP contribution in [0, 0.1) is 0 Å². The Kier molecular flexibility index (Phi) is 2.81. The molecule has 0 fully saturated rings.